The van der Waals surface area contributed by atoms with Crippen LogP contribution in [0.2, 0.25) is 0 Å². The highest BCUT2D eigenvalue weighted by Crippen LogP contribution is 2.55. The van der Waals surface area contributed by atoms with Crippen molar-refractivity contribution in [3.63, 3.8) is 0 Å². The van der Waals surface area contributed by atoms with Gasteiger partial charge in [-0.25, -0.2) is 4.39 Å². The number of carbonyl (C=O) groups excluding carboxylic acids is 2. The number of carbonyl (C=O) groups is 2. The van der Waals surface area contributed by atoms with E-state index in [2.05, 4.69) is 5.32 Å². The molecule has 3 fully saturated rings. The fourth-order valence-electron chi connectivity index (χ4n) is 9.04. The van der Waals surface area contributed by atoms with Crippen molar-refractivity contribution in [2.24, 2.45) is 0 Å². The van der Waals surface area contributed by atoms with Gasteiger partial charge in [0.05, 0.1) is 11.9 Å². The molecule has 0 aromatic heterocycles. The molecule has 0 aliphatic carbocycles. The molecule has 3 heterocycles. The van der Waals surface area contributed by atoms with E-state index in [1.54, 1.807) is 13.8 Å². The van der Waals surface area contributed by atoms with Gasteiger partial charge >= 0.3 is 0 Å². The Balaban J connectivity index is 1.24. The fraction of sp³-hybridized carbons (Fsp3) is 0.204. The SMILES string of the molecule is CC1(C)O[C@H]2O[C@H](COC(c3ccccc3)(c3ccccc3)c3ccccc3)[C@](F)([C@]3(O)NC(=O)C(=P(c4ccccc4)(c4ccccc4)c4ccccc4)C3=O)[C@H]2O1. The van der Waals surface area contributed by atoms with Crippen LogP contribution in [-0.4, -0.2) is 64.4 Å². The van der Waals surface area contributed by atoms with Crippen LogP contribution in [0.15, 0.2) is 182 Å². The second-order valence-corrected chi connectivity index (χ2v) is 18.8. The Kier molecular flexibility index (Phi) is 9.87. The number of alkyl halides is 1. The molecule has 5 atom stereocenters. The van der Waals surface area contributed by atoms with Crippen LogP contribution in [0, 0.1) is 0 Å². The number of rotatable bonds is 10. The highest BCUT2D eigenvalue weighted by atomic mass is 31.2. The van der Waals surface area contributed by atoms with Crippen LogP contribution >= 0.6 is 6.89 Å². The average molecular weight is 808 g/mol. The van der Waals surface area contributed by atoms with Gasteiger partial charge < -0.3 is 29.4 Å². The zero-order valence-corrected chi connectivity index (χ0v) is 33.4. The number of hydrogen-bond acceptors (Lipinski definition) is 7. The van der Waals surface area contributed by atoms with E-state index in [9.17, 15) is 9.90 Å². The Morgan fingerprint density at radius 1 is 0.644 bits per heavy atom. The molecule has 0 bridgehead atoms. The quantitative estimate of drug-likeness (QED) is 0.127. The van der Waals surface area contributed by atoms with Crippen LogP contribution in [0.25, 0.3) is 0 Å². The lowest BCUT2D eigenvalue weighted by Crippen LogP contribution is -2.71. The summed E-state index contributed by atoms with van der Waals surface area (Å²) in [5, 5.41) is 17.3. The normalized spacial score (nSPS) is 25.2. The standard InChI is InChI=1S/C49H43FNO7P/c1-46(2)57-43-45(58-46)56-40(33-55-47(34-21-9-3-10-22-34,35-23-11-4-12-24-35)36-25-13-5-14-26-36)48(43,50)49(54)42(52)41(44(53)51-49)59(37-27-15-6-16-28-37,38-29-17-7-18-30-38)39-31-19-8-20-32-39/h3-32,40,43,45,54H,33H2,1-2H3,(H,51,53)/t40-,43+,45-,48-,49+/m1/s1. The first-order chi connectivity index (χ1) is 28.6. The molecule has 6 aromatic rings. The van der Waals surface area contributed by atoms with E-state index in [0.717, 1.165) is 16.7 Å². The van der Waals surface area contributed by atoms with Crippen LogP contribution in [-0.2, 0) is 34.1 Å². The minimum atomic E-state index is -3.41. The molecule has 0 saturated carbocycles. The monoisotopic (exact) mass is 807 g/mol. The lowest BCUT2D eigenvalue weighted by atomic mass is 9.79. The fourth-order valence-corrected chi connectivity index (χ4v) is 13.4. The van der Waals surface area contributed by atoms with E-state index < -0.39 is 66.5 Å². The third-order valence-electron chi connectivity index (χ3n) is 11.6. The van der Waals surface area contributed by atoms with Crippen molar-refractivity contribution in [2.75, 3.05) is 6.61 Å². The summed E-state index contributed by atoms with van der Waals surface area (Å²) in [6.45, 7) is -0.729. The molecule has 0 spiro atoms. The van der Waals surface area contributed by atoms with Crippen molar-refractivity contribution in [3.8, 4) is 0 Å². The van der Waals surface area contributed by atoms with Crippen LogP contribution < -0.4 is 21.2 Å². The molecular weight excluding hydrogens is 765 g/mol. The Morgan fingerprint density at radius 3 is 1.44 bits per heavy atom. The van der Waals surface area contributed by atoms with E-state index >= 15 is 9.18 Å². The molecule has 0 radical (unpaired) electrons. The smallest absolute Gasteiger partial charge is 0.258 e. The van der Waals surface area contributed by atoms with Crippen molar-refractivity contribution in [1.82, 2.24) is 5.32 Å². The molecule has 8 nitrogen and oxygen atoms in total. The average Bonchev–Trinajstić information content (AvgIpc) is 3.82. The summed E-state index contributed by atoms with van der Waals surface area (Å²) in [5.41, 5.74) is -5.40. The zero-order chi connectivity index (χ0) is 40.9. The maximum atomic E-state index is 19.2. The van der Waals surface area contributed by atoms with Crippen molar-refractivity contribution < 1.29 is 38.0 Å². The topological polar surface area (TPSA) is 103 Å². The molecular formula is C49H43FNO7P. The summed E-state index contributed by atoms with van der Waals surface area (Å²) in [6, 6.07) is 56.4. The van der Waals surface area contributed by atoms with Crippen molar-refractivity contribution in [2.45, 2.75) is 55.1 Å². The number of aliphatic hydroxyl groups is 1. The van der Waals surface area contributed by atoms with Gasteiger partial charge in [0.2, 0.25) is 17.2 Å². The van der Waals surface area contributed by atoms with Gasteiger partial charge in [-0.3, -0.25) is 9.59 Å². The molecule has 2 N–H and O–H groups in total. The largest absolute Gasteiger partial charge is 0.362 e. The van der Waals surface area contributed by atoms with Gasteiger partial charge in [-0.15, -0.1) is 0 Å². The second kappa shape index (κ2) is 14.9. The van der Waals surface area contributed by atoms with Gasteiger partial charge in [0, 0.05) is 0 Å². The molecule has 298 valence electrons. The van der Waals surface area contributed by atoms with Crippen LogP contribution in [0.3, 0.4) is 0 Å². The highest BCUT2D eigenvalue weighted by molar-refractivity contribution is 7.97. The van der Waals surface area contributed by atoms with Crippen LogP contribution in [0.5, 0.6) is 0 Å². The number of ketones is 1. The van der Waals surface area contributed by atoms with Crippen molar-refractivity contribution in [3.05, 3.63) is 199 Å². The van der Waals surface area contributed by atoms with Gasteiger partial charge in [-0.05, 0) is 53.3 Å². The predicted molar refractivity (Wildman–Crippen MR) is 226 cm³/mol. The molecule has 1 amide bonds. The first kappa shape index (κ1) is 39.0. The van der Waals surface area contributed by atoms with Crippen LogP contribution in [0.1, 0.15) is 30.5 Å². The van der Waals surface area contributed by atoms with Gasteiger partial charge in [-0.2, -0.15) is 0 Å². The Labute approximate surface area is 342 Å². The summed E-state index contributed by atoms with van der Waals surface area (Å²) in [7, 11) is 0. The van der Waals surface area contributed by atoms with E-state index in [1.165, 1.54) is 0 Å². The number of Topliss-reactive ketones (excluding diaryl/α,β-unsaturated/α-hetero) is 1. The van der Waals surface area contributed by atoms with Gasteiger partial charge in [0.15, 0.2) is 18.2 Å². The van der Waals surface area contributed by atoms with E-state index in [0.29, 0.717) is 15.9 Å². The zero-order valence-electron chi connectivity index (χ0n) is 32.5. The number of benzene rings is 6. The number of amides is 1. The maximum Gasteiger partial charge on any atom is 0.258 e. The Bertz CT molecular complexity index is 2330. The highest BCUT2D eigenvalue weighted by Gasteiger charge is 2.78. The van der Waals surface area contributed by atoms with E-state index in [1.807, 2.05) is 182 Å². The van der Waals surface area contributed by atoms with Crippen molar-refractivity contribution in [1.29, 1.82) is 0 Å². The first-order valence-corrected chi connectivity index (χ1v) is 21.4. The molecule has 3 saturated heterocycles. The number of fused-ring (bicyclic) bond motifs is 1. The summed E-state index contributed by atoms with van der Waals surface area (Å²) >= 11 is 0. The summed E-state index contributed by atoms with van der Waals surface area (Å²) < 4.78 is 44.9. The first-order valence-electron chi connectivity index (χ1n) is 19.6. The minimum Gasteiger partial charge on any atom is -0.362 e. The predicted octanol–water partition coefficient (Wildman–Crippen LogP) is 6.13. The minimum absolute atomic E-state index is 0.255. The lowest BCUT2D eigenvalue weighted by Gasteiger charge is -2.42. The van der Waals surface area contributed by atoms with E-state index in [4.69, 9.17) is 18.9 Å². The van der Waals surface area contributed by atoms with Crippen LogP contribution in [0.4, 0.5) is 4.39 Å². The number of halogens is 1. The van der Waals surface area contributed by atoms with Gasteiger partial charge in [-0.1, -0.05) is 182 Å². The lowest BCUT2D eigenvalue weighted by molar-refractivity contribution is -0.251. The molecule has 3 aliphatic rings. The third-order valence-corrected chi connectivity index (χ3v) is 15.9. The third kappa shape index (κ3) is 6.07. The molecule has 9 rings (SSSR count). The maximum absolute atomic E-state index is 19.2. The summed E-state index contributed by atoms with van der Waals surface area (Å²) in [6.07, 6.45) is -4.72. The molecule has 3 aliphatic heterocycles. The van der Waals surface area contributed by atoms with E-state index in [-0.39, 0.29) is 5.29 Å². The number of ether oxygens (including phenoxy) is 4. The second-order valence-electron chi connectivity index (χ2n) is 15.4. The molecule has 59 heavy (non-hydrogen) atoms. The summed E-state index contributed by atoms with van der Waals surface area (Å²) in [4.78, 5) is 30.4. The number of nitrogens with one attached hydrogen (secondary N) is 1. The molecule has 0 unspecified atom stereocenters. The molecule has 10 heteroatoms. The van der Waals surface area contributed by atoms with Gasteiger partial charge in [0.25, 0.3) is 5.91 Å². The Morgan fingerprint density at radius 2 is 1.03 bits per heavy atom. The number of hydrogen-bond donors (Lipinski definition) is 2. The van der Waals surface area contributed by atoms with Crippen molar-refractivity contribution >= 4 is 39.8 Å². The van der Waals surface area contributed by atoms with Gasteiger partial charge in [0.1, 0.15) is 11.7 Å². The molecule has 6 aromatic carbocycles. The summed E-state index contributed by atoms with van der Waals surface area (Å²) in [5.74, 6) is -3.37. The Hall–Kier alpha value is -5.51.